The minimum atomic E-state index is -0.856. The predicted octanol–water partition coefficient (Wildman–Crippen LogP) is 3.42. The molecule has 5 rings (SSSR count). The molecular weight excluding hydrogens is 400 g/mol. The Kier molecular flexibility index (Phi) is 5.33. The van der Waals surface area contributed by atoms with Crippen LogP contribution in [0.1, 0.15) is 24.5 Å². The summed E-state index contributed by atoms with van der Waals surface area (Å²) in [5, 5.41) is 14.8. The van der Waals surface area contributed by atoms with Crippen LogP contribution in [0.2, 0.25) is 0 Å². The highest BCUT2D eigenvalue weighted by Crippen LogP contribution is 2.35. The van der Waals surface area contributed by atoms with Crippen LogP contribution in [-0.2, 0) is 6.54 Å². The second-order valence-electron chi connectivity index (χ2n) is 8.39. The van der Waals surface area contributed by atoms with Gasteiger partial charge in [0.25, 0.3) is 5.56 Å². The van der Waals surface area contributed by atoms with E-state index in [0.717, 1.165) is 52.9 Å². The van der Waals surface area contributed by atoms with Gasteiger partial charge < -0.3 is 19.9 Å². The lowest BCUT2D eigenvalue weighted by Gasteiger charge is -2.27. The summed E-state index contributed by atoms with van der Waals surface area (Å²) in [6, 6.07) is 17.9. The number of aliphatic hydroxyl groups is 1. The number of aryl methyl sites for hydroxylation is 1. The fraction of sp³-hybridized carbons (Fsp3) is 0.269. The Labute approximate surface area is 187 Å². The second-order valence-corrected chi connectivity index (χ2v) is 8.39. The number of pyridine rings is 1. The average molecular weight is 429 g/mol. The second kappa shape index (κ2) is 8.30. The first-order valence-corrected chi connectivity index (χ1v) is 11.1. The largest absolute Gasteiger partial charge is 0.356 e. The van der Waals surface area contributed by atoms with Crippen LogP contribution in [0.3, 0.4) is 0 Å². The number of fused-ring (bicyclic) bond motifs is 1. The predicted molar refractivity (Wildman–Crippen MR) is 130 cm³/mol. The van der Waals surface area contributed by atoms with Crippen LogP contribution in [0.5, 0.6) is 0 Å². The van der Waals surface area contributed by atoms with Crippen molar-refractivity contribution in [1.29, 1.82) is 0 Å². The van der Waals surface area contributed by atoms with E-state index in [0.29, 0.717) is 6.54 Å². The highest BCUT2D eigenvalue weighted by atomic mass is 16.3. The van der Waals surface area contributed by atoms with Gasteiger partial charge in [0.1, 0.15) is 0 Å². The lowest BCUT2D eigenvalue weighted by molar-refractivity contribution is 0.169. The number of nitrogens with one attached hydrogen (secondary N) is 1. The SMILES string of the molecule is CCn1c(=O)cc(C2=CCN(C)CC2)c2cc(N3C(c4ccccc4)=CNC3O)ccc21. The van der Waals surface area contributed by atoms with Gasteiger partial charge in [-0.3, -0.25) is 9.69 Å². The maximum Gasteiger partial charge on any atom is 0.251 e. The standard InChI is InChI=1S/C26H28N4O2/c1-3-29-23-10-9-20(30-24(17-27-26(30)32)19-7-5-4-6-8-19)15-22(23)21(16-25(29)31)18-11-13-28(2)14-12-18/h4-11,15-17,26-27,32H,3,12-14H2,1-2H3. The Morgan fingerprint density at radius 2 is 1.94 bits per heavy atom. The van der Waals surface area contributed by atoms with E-state index >= 15 is 0 Å². The minimum absolute atomic E-state index is 0.0234. The van der Waals surface area contributed by atoms with E-state index in [1.807, 2.05) is 65.1 Å². The molecule has 0 amide bonds. The van der Waals surface area contributed by atoms with Gasteiger partial charge in [0, 0.05) is 43.0 Å². The Balaban J connectivity index is 1.67. The van der Waals surface area contributed by atoms with Gasteiger partial charge in [-0.05, 0) is 55.3 Å². The van der Waals surface area contributed by atoms with Crippen molar-refractivity contribution in [3.63, 3.8) is 0 Å². The van der Waals surface area contributed by atoms with Crippen molar-refractivity contribution in [2.75, 3.05) is 25.0 Å². The molecule has 0 fully saturated rings. The first-order chi connectivity index (χ1) is 15.6. The molecule has 0 saturated carbocycles. The summed E-state index contributed by atoms with van der Waals surface area (Å²) in [6.45, 7) is 4.45. The van der Waals surface area contributed by atoms with E-state index in [4.69, 9.17) is 0 Å². The van der Waals surface area contributed by atoms with Gasteiger partial charge in [0.15, 0.2) is 0 Å². The molecule has 2 aliphatic rings. The van der Waals surface area contributed by atoms with Gasteiger partial charge in [-0.2, -0.15) is 0 Å². The number of nitrogens with zero attached hydrogens (tertiary/aromatic N) is 3. The molecule has 0 radical (unpaired) electrons. The first kappa shape index (κ1) is 20.5. The Bertz CT molecular complexity index is 1280. The van der Waals surface area contributed by atoms with Crippen molar-refractivity contribution in [2.45, 2.75) is 26.2 Å². The Morgan fingerprint density at radius 3 is 2.66 bits per heavy atom. The molecule has 3 aromatic rings. The van der Waals surface area contributed by atoms with Crippen molar-refractivity contribution in [3.8, 4) is 0 Å². The maximum absolute atomic E-state index is 12.9. The van der Waals surface area contributed by atoms with Crippen LogP contribution >= 0.6 is 0 Å². The molecule has 0 bridgehead atoms. The van der Waals surface area contributed by atoms with Gasteiger partial charge in [-0.15, -0.1) is 0 Å². The summed E-state index contributed by atoms with van der Waals surface area (Å²) in [5.74, 6) is 0. The number of anilines is 1. The number of rotatable bonds is 4. The van der Waals surface area contributed by atoms with E-state index in [-0.39, 0.29) is 5.56 Å². The number of benzene rings is 2. The van der Waals surface area contributed by atoms with Crippen molar-refractivity contribution in [3.05, 3.63) is 88.4 Å². The van der Waals surface area contributed by atoms with Crippen LogP contribution in [0, 0.1) is 0 Å². The van der Waals surface area contributed by atoms with Crippen LogP contribution in [-0.4, -0.2) is 41.1 Å². The van der Waals surface area contributed by atoms with Gasteiger partial charge in [-0.1, -0.05) is 36.4 Å². The Hall–Kier alpha value is -3.35. The van der Waals surface area contributed by atoms with Crippen molar-refractivity contribution in [1.82, 2.24) is 14.8 Å². The van der Waals surface area contributed by atoms with Gasteiger partial charge in [0.05, 0.1) is 11.2 Å². The number of hydrogen-bond acceptors (Lipinski definition) is 5. The summed E-state index contributed by atoms with van der Waals surface area (Å²) in [5.41, 5.74) is 5.96. The summed E-state index contributed by atoms with van der Waals surface area (Å²) >= 11 is 0. The molecule has 0 spiro atoms. The van der Waals surface area contributed by atoms with Gasteiger partial charge >= 0.3 is 0 Å². The third-order valence-corrected chi connectivity index (χ3v) is 6.39. The molecule has 1 atom stereocenters. The van der Waals surface area contributed by atoms with Crippen molar-refractivity contribution in [2.24, 2.45) is 0 Å². The summed E-state index contributed by atoms with van der Waals surface area (Å²) in [7, 11) is 2.11. The molecule has 3 heterocycles. The van der Waals surface area contributed by atoms with E-state index in [1.165, 1.54) is 5.57 Å². The molecule has 1 unspecified atom stereocenters. The highest BCUT2D eigenvalue weighted by Gasteiger charge is 2.27. The molecular formula is C26H28N4O2. The Morgan fingerprint density at radius 1 is 1.12 bits per heavy atom. The molecule has 2 aromatic carbocycles. The molecule has 164 valence electrons. The third-order valence-electron chi connectivity index (χ3n) is 6.39. The molecule has 0 saturated heterocycles. The van der Waals surface area contributed by atoms with E-state index in [9.17, 15) is 9.90 Å². The fourth-order valence-corrected chi connectivity index (χ4v) is 4.67. The van der Waals surface area contributed by atoms with Crippen LogP contribution in [0.4, 0.5) is 5.69 Å². The van der Waals surface area contributed by atoms with Gasteiger partial charge in [-0.25, -0.2) is 0 Å². The van der Waals surface area contributed by atoms with Crippen LogP contribution in [0.25, 0.3) is 22.2 Å². The van der Waals surface area contributed by atoms with Crippen LogP contribution < -0.4 is 15.8 Å². The van der Waals surface area contributed by atoms with E-state index in [1.54, 1.807) is 6.07 Å². The fourth-order valence-electron chi connectivity index (χ4n) is 4.67. The molecule has 32 heavy (non-hydrogen) atoms. The molecule has 0 aliphatic carbocycles. The summed E-state index contributed by atoms with van der Waals surface area (Å²) in [4.78, 5) is 17.0. The smallest absolute Gasteiger partial charge is 0.251 e. The normalized spacial score (nSPS) is 19.1. The monoisotopic (exact) mass is 428 g/mol. The number of likely N-dealkylation sites (N-methyl/N-ethyl adjacent to an activating group) is 1. The zero-order valence-corrected chi connectivity index (χ0v) is 18.5. The zero-order valence-electron chi connectivity index (χ0n) is 18.5. The minimum Gasteiger partial charge on any atom is -0.356 e. The molecule has 2 aliphatic heterocycles. The number of aliphatic hydroxyl groups excluding tert-OH is 1. The van der Waals surface area contributed by atoms with Gasteiger partial charge in [0.2, 0.25) is 6.35 Å². The lowest BCUT2D eigenvalue weighted by atomic mass is 9.95. The summed E-state index contributed by atoms with van der Waals surface area (Å²) in [6.07, 6.45) is 4.12. The summed E-state index contributed by atoms with van der Waals surface area (Å²) < 4.78 is 1.81. The molecule has 6 heteroatoms. The van der Waals surface area contributed by atoms with Crippen molar-refractivity contribution >= 4 is 27.9 Å². The third kappa shape index (κ3) is 3.51. The maximum atomic E-state index is 12.9. The molecule has 6 nitrogen and oxygen atoms in total. The zero-order chi connectivity index (χ0) is 22.2. The first-order valence-electron chi connectivity index (χ1n) is 11.1. The molecule has 2 N–H and O–H groups in total. The van der Waals surface area contributed by atoms with Crippen molar-refractivity contribution < 1.29 is 5.11 Å². The molecule has 1 aromatic heterocycles. The topological polar surface area (TPSA) is 60.7 Å². The van der Waals surface area contributed by atoms with E-state index < -0.39 is 6.35 Å². The number of aromatic nitrogens is 1. The number of hydrogen-bond donors (Lipinski definition) is 2. The quantitative estimate of drug-likeness (QED) is 0.667. The lowest BCUT2D eigenvalue weighted by Crippen LogP contribution is -2.36. The van der Waals surface area contributed by atoms with Crippen LogP contribution in [0.15, 0.2) is 71.7 Å². The average Bonchev–Trinajstić information content (AvgIpc) is 3.21. The highest BCUT2D eigenvalue weighted by molar-refractivity contribution is 5.95. The van der Waals surface area contributed by atoms with E-state index in [2.05, 4.69) is 29.4 Å².